The molecule has 0 aliphatic carbocycles. The average Bonchev–Trinajstić information content (AvgIpc) is 2.90. The summed E-state index contributed by atoms with van der Waals surface area (Å²) in [4.78, 5) is 10.3. The molecular formula is C11H17N5O2. The molecule has 7 heteroatoms. The fourth-order valence-electron chi connectivity index (χ4n) is 1.90. The van der Waals surface area contributed by atoms with Gasteiger partial charge in [0, 0.05) is 26.4 Å². The fourth-order valence-corrected chi connectivity index (χ4v) is 1.90. The van der Waals surface area contributed by atoms with Crippen molar-refractivity contribution in [2.24, 2.45) is 10.9 Å². The molecule has 1 aromatic heterocycles. The number of nitrogens with zero attached hydrogens (tertiary/aromatic N) is 4. The molecule has 1 aliphatic rings. The highest BCUT2D eigenvalue weighted by atomic mass is 16.5. The smallest absolute Gasteiger partial charge is 0.225 e. The van der Waals surface area contributed by atoms with Gasteiger partial charge in [-0.25, -0.2) is 9.97 Å². The lowest BCUT2D eigenvalue weighted by atomic mass is 10.2. The minimum Gasteiger partial charge on any atom is -0.409 e. The lowest BCUT2D eigenvalue weighted by molar-refractivity contribution is 0.116. The first-order chi connectivity index (χ1) is 8.70. The van der Waals surface area contributed by atoms with Crippen LogP contribution in [-0.4, -0.2) is 47.3 Å². The number of likely N-dealkylation sites (N-methyl/N-ethyl adjacent to an activating group) is 1. The number of hydrogen-bond acceptors (Lipinski definition) is 6. The maximum absolute atomic E-state index is 8.62. The molecule has 18 heavy (non-hydrogen) atoms. The van der Waals surface area contributed by atoms with E-state index in [1.165, 1.54) is 0 Å². The van der Waals surface area contributed by atoms with E-state index in [0.29, 0.717) is 11.6 Å². The van der Waals surface area contributed by atoms with E-state index in [1.807, 2.05) is 11.9 Å². The van der Waals surface area contributed by atoms with Gasteiger partial charge in [0.25, 0.3) is 0 Å². The van der Waals surface area contributed by atoms with Crippen LogP contribution >= 0.6 is 0 Å². The van der Waals surface area contributed by atoms with E-state index >= 15 is 0 Å². The van der Waals surface area contributed by atoms with Crippen molar-refractivity contribution in [2.75, 3.05) is 25.1 Å². The second-order valence-electron chi connectivity index (χ2n) is 4.24. The van der Waals surface area contributed by atoms with Crippen LogP contribution in [0, 0.1) is 0 Å². The van der Waals surface area contributed by atoms with E-state index in [2.05, 4.69) is 15.1 Å². The highest BCUT2D eigenvalue weighted by Gasteiger charge is 2.18. The summed E-state index contributed by atoms with van der Waals surface area (Å²) < 4.78 is 5.56. The number of amidine groups is 1. The molecule has 0 saturated carbocycles. The molecule has 1 fully saturated rings. The number of rotatable bonds is 4. The Bertz CT molecular complexity index is 431. The van der Waals surface area contributed by atoms with Crippen LogP contribution in [0.3, 0.4) is 0 Å². The molecule has 1 unspecified atom stereocenters. The van der Waals surface area contributed by atoms with Crippen molar-refractivity contribution in [2.45, 2.75) is 18.9 Å². The number of oxime groups is 1. The Labute approximate surface area is 105 Å². The number of ether oxygens (including phenoxy) is 1. The summed E-state index contributed by atoms with van der Waals surface area (Å²) in [7, 11) is 1.90. The lowest BCUT2D eigenvalue weighted by Gasteiger charge is -2.20. The highest BCUT2D eigenvalue weighted by Crippen LogP contribution is 2.15. The summed E-state index contributed by atoms with van der Waals surface area (Å²) in [5.41, 5.74) is 5.90. The van der Waals surface area contributed by atoms with Crippen LogP contribution in [0.4, 0.5) is 5.95 Å². The van der Waals surface area contributed by atoms with Gasteiger partial charge in [-0.2, -0.15) is 0 Å². The third kappa shape index (κ3) is 2.86. The molecule has 1 aromatic rings. The Balaban J connectivity index is 2.07. The number of hydrogen-bond donors (Lipinski definition) is 2. The van der Waals surface area contributed by atoms with Gasteiger partial charge >= 0.3 is 0 Å². The summed E-state index contributed by atoms with van der Waals surface area (Å²) in [6, 6.07) is 1.60. The number of nitrogens with two attached hydrogens (primary N) is 1. The topological polar surface area (TPSA) is 96.9 Å². The van der Waals surface area contributed by atoms with Crippen LogP contribution in [0.15, 0.2) is 17.4 Å². The van der Waals surface area contributed by atoms with Gasteiger partial charge in [-0.3, -0.25) is 0 Å². The Morgan fingerprint density at radius 3 is 3.22 bits per heavy atom. The second-order valence-corrected chi connectivity index (χ2v) is 4.24. The van der Waals surface area contributed by atoms with Gasteiger partial charge in [0.05, 0.1) is 6.10 Å². The van der Waals surface area contributed by atoms with Crippen LogP contribution in [0.25, 0.3) is 0 Å². The first-order valence-electron chi connectivity index (χ1n) is 5.84. The minimum absolute atomic E-state index is 0.0239. The molecule has 7 nitrogen and oxygen atoms in total. The summed E-state index contributed by atoms with van der Waals surface area (Å²) in [6.45, 7) is 1.56. The number of anilines is 1. The van der Waals surface area contributed by atoms with Crippen LogP contribution < -0.4 is 10.6 Å². The summed E-state index contributed by atoms with van der Waals surface area (Å²) in [5, 5.41) is 11.5. The molecule has 98 valence electrons. The maximum atomic E-state index is 8.62. The second kappa shape index (κ2) is 5.63. The molecule has 1 atom stereocenters. The third-order valence-electron chi connectivity index (χ3n) is 2.86. The van der Waals surface area contributed by atoms with E-state index in [4.69, 9.17) is 15.7 Å². The van der Waals surface area contributed by atoms with E-state index in [9.17, 15) is 0 Å². The molecule has 0 spiro atoms. The third-order valence-corrected chi connectivity index (χ3v) is 2.86. The molecular weight excluding hydrogens is 234 g/mol. The monoisotopic (exact) mass is 251 g/mol. The first-order valence-corrected chi connectivity index (χ1v) is 5.84. The largest absolute Gasteiger partial charge is 0.409 e. The predicted molar refractivity (Wildman–Crippen MR) is 66.8 cm³/mol. The summed E-state index contributed by atoms with van der Waals surface area (Å²) in [6.07, 6.45) is 3.97. The fraction of sp³-hybridized carbons (Fsp3) is 0.545. The zero-order valence-corrected chi connectivity index (χ0v) is 10.3. The van der Waals surface area contributed by atoms with Crippen molar-refractivity contribution in [1.29, 1.82) is 0 Å². The van der Waals surface area contributed by atoms with E-state index < -0.39 is 0 Å². The van der Waals surface area contributed by atoms with Crippen LogP contribution in [0.1, 0.15) is 18.5 Å². The van der Waals surface area contributed by atoms with E-state index in [-0.39, 0.29) is 11.9 Å². The van der Waals surface area contributed by atoms with Crippen molar-refractivity contribution in [3.63, 3.8) is 0 Å². The Morgan fingerprint density at radius 1 is 1.72 bits per heavy atom. The van der Waals surface area contributed by atoms with Crippen molar-refractivity contribution < 1.29 is 9.94 Å². The van der Waals surface area contributed by atoms with Crippen molar-refractivity contribution >= 4 is 11.8 Å². The Hall–Kier alpha value is -1.89. The van der Waals surface area contributed by atoms with Crippen LogP contribution in [-0.2, 0) is 4.74 Å². The molecule has 0 aromatic carbocycles. The SMILES string of the molecule is CN(CC1CCCO1)c1nccc(/C(N)=N/O)n1. The van der Waals surface area contributed by atoms with Gasteiger partial charge < -0.3 is 20.6 Å². The summed E-state index contributed by atoms with van der Waals surface area (Å²) in [5.74, 6) is 0.513. The molecule has 1 aliphatic heterocycles. The van der Waals surface area contributed by atoms with Crippen molar-refractivity contribution in [3.8, 4) is 0 Å². The minimum atomic E-state index is -0.0239. The summed E-state index contributed by atoms with van der Waals surface area (Å²) >= 11 is 0. The maximum Gasteiger partial charge on any atom is 0.225 e. The molecule has 3 N–H and O–H groups in total. The quantitative estimate of drug-likeness (QED) is 0.343. The van der Waals surface area contributed by atoms with Gasteiger partial charge in [0.2, 0.25) is 5.95 Å². The van der Waals surface area contributed by atoms with Gasteiger partial charge in [-0.05, 0) is 18.9 Å². The van der Waals surface area contributed by atoms with Crippen molar-refractivity contribution in [1.82, 2.24) is 9.97 Å². The standard InChI is InChI=1S/C11H17N5O2/c1-16(7-8-3-2-6-18-8)11-13-5-4-9(14-11)10(12)15-17/h4-5,8,17H,2-3,6-7H2,1H3,(H2,12,15). The Morgan fingerprint density at radius 2 is 2.56 bits per heavy atom. The predicted octanol–water partition coefficient (Wildman–Crippen LogP) is 0.186. The Kier molecular flexibility index (Phi) is 3.93. The highest BCUT2D eigenvalue weighted by molar-refractivity contribution is 5.95. The molecule has 2 rings (SSSR count). The van der Waals surface area contributed by atoms with Crippen LogP contribution in [0.2, 0.25) is 0 Å². The van der Waals surface area contributed by atoms with E-state index in [0.717, 1.165) is 26.0 Å². The van der Waals surface area contributed by atoms with E-state index in [1.54, 1.807) is 12.3 Å². The van der Waals surface area contributed by atoms with Crippen LogP contribution in [0.5, 0.6) is 0 Å². The number of aromatic nitrogens is 2. The van der Waals surface area contributed by atoms with Crippen molar-refractivity contribution in [3.05, 3.63) is 18.0 Å². The molecule has 0 bridgehead atoms. The zero-order chi connectivity index (χ0) is 13.0. The van der Waals surface area contributed by atoms with Gasteiger partial charge in [0.15, 0.2) is 5.84 Å². The van der Waals surface area contributed by atoms with Gasteiger partial charge in [-0.1, -0.05) is 5.16 Å². The normalized spacial score (nSPS) is 20.1. The molecule has 2 heterocycles. The lowest BCUT2D eigenvalue weighted by Crippen LogP contribution is -2.30. The average molecular weight is 251 g/mol. The first kappa shape index (κ1) is 12.6. The molecule has 0 amide bonds. The van der Waals surface area contributed by atoms with Gasteiger partial charge in [-0.15, -0.1) is 0 Å². The molecule has 0 radical (unpaired) electrons. The van der Waals surface area contributed by atoms with Gasteiger partial charge in [0.1, 0.15) is 5.69 Å². The molecule has 1 saturated heterocycles. The zero-order valence-electron chi connectivity index (χ0n) is 10.3.